The number of alkyl halides is 2. The Labute approximate surface area is 186 Å². The molecule has 1 aliphatic rings. The van der Waals surface area contributed by atoms with Gasteiger partial charge in [-0.3, -0.25) is 4.79 Å². The SMILES string of the molecule is CNc1nc(N[C@@H]2CCN(C(=O)CO)CC2(F)F)nn2ccc(-c3ccc4nccn4n3)c12. The maximum atomic E-state index is 14.7. The Balaban J connectivity index is 1.45. The molecule has 5 rings (SSSR count). The van der Waals surface area contributed by atoms with Gasteiger partial charge in [-0.15, -0.1) is 5.10 Å². The van der Waals surface area contributed by atoms with Crippen molar-refractivity contribution in [2.24, 2.45) is 0 Å². The number of aliphatic hydroxyl groups excluding tert-OH is 1. The number of aromatic nitrogens is 6. The van der Waals surface area contributed by atoms with Crippen molar-refractivity contribution in [2.75, 3.05) is 37.4 Å². The number of nitrogens with zero attached hydrogens (tertiary/aromatic N) is 7. The molecule has 1 atom stereocenters. The van der Waals surface area contributed by atoms with E-state index in [9.17, 15) is 13.6 Å². The van der Waals surface area contributed by atoms with Crippen molar-refractivity contribution in [1.29, 1.82) is 0 Å². The average Bonchev–Trinajstić information content (AvgIpc) is 3.45. The Bertz CT molecular complexity index is 1340. The van der Waals surface area contributed by atoms with Crippen LogP contribution in [0, 0.1) is 0 Å². The number of rotatable bonds is 5. The van der Waals surface area contributed by atoms with E-state index in [0.717, 1.165) is 10.5 Å². The Kier molecular flexibility index (Phi) is 5.04. The molecule has 0 unspecified atom stereocenters. The first-order chi connectivity index (χ1) is 15.9. The normalized spacial score (nSPS) is 18.1. The van der Waals surface area contributed by atoms with E-state index >= 15 is 0 Å². The largest absolute Gasteiger partial charge is 0.387 e. The van der Waals surface area contributed by atoms with Gasteiger partial charge in [0.2, 0.25) is 11.9 Å². The molecule has 0 aromatic carbocycles. The molecule has 1 aliphatic heterocycles. The van der Waals surface area contributed by atoms with E-state index in [0.29, 0.717) is 22.7 Å². The lowest BCUT2D eigenvalue weighted by molar-refractivity contribution is -0.145. The highest BCUT2D eigenvalue weighted by Crippen LogP contribution is 2.32. The number of likely N-dealkylation sites (tertiary alicyclic amines) is 1. The zero-order valence-electron chi connectivity index (χ0n) is 17.6. The van der Waals surface area contributed by atoms with Gasteiger partial charge < -0.3 is 20.6 Å². The third-order valence-corrected chi connectivity index (χ3v) is 5.67. The van der Waals surface area contributed by atoms with Crippen LogP contribution in [-0.2, 0) is 4.79 Å². The molecule has 11 nitrogen and oxygen atoms in total. The number of hydrogen-bond acceptors (Lipinski definition) is 8. The molecule has 172 valence electrons. The lowest BCUT2D eigenvalue weighted by Gasteiger charge is -2.38. The summed E-state index contributed by atoms with van der Waals surface area (Å²) in [6.45, 7) is -1.47. The third-order valence-electron chi connectivity index (χ3n) is 5.67. The molecule has 33 heavy (non-hydrogen) atoms. The smallest absolute Gasteiger partial charge is 0.285 e. The molecular weight excluding hydrogens is 436 g/mol. The van der Waals surface area contributed by atoms with E-state index in [1.54, 1.807) is 34.7 Å². The minimum Gasteiger partial charge on any atom is -0.387 e. The summed E-state index contributed by atoms with van der Waals surface area (Å²) in [5.74, 6) is -3.46. The fraction of sp³-hybridized carbons (Fsp3) is 0.350. The number of nitrogens with one attached hydrogen (secondary N) is 2. The van der Waals surface area contributed by atoms with E-state index < -0.39 is 31.0 Å². The highest BCUT2D eigenvalue weighted by atomic mass is 19.3. The van der Waals surface area contributed by atoms with Crippen molar-refractivity contribution in [2.45, 2.75) is 18.4 Å². The molecule has 1 fully saturated rings. The van der Waals surface area contributed by atoms with E-state index in [2.05, 4.69) is 30.8 Å². The topological polar surface area (TPSA) is 125 Å². The lowest BCUT2D eigenvalue weighted by atomic mass is 10.0. The number of carbonyl (C=O) groups excluding carboxylic acids is 1. The summed E-state index contributed by atoms with van der Waals surface area (Å²) < 4.78 is 32.6. The van der Waals surface area contributed by atoms with Crippen LogP contribution in [0.2, 0.25) is 0 Å². The van der Waals surface area contributed by atoms with Crippen LogP contribution in [0.1, 0.15) is 6.42 Å². The van der Waals surface area contributed by atoms with Crippen molar-refractivity contribution in [3.63, 3.8) is 0 Å². The molecule has 4 aromatic rings. The number of halogens is 2. The van der Waals surface area contributed by atoms with Crippen LogP contribution in [0.3, 0.4) is 0 Å². The zero-order chi connectivity index (χ0) is 23.2. The molecule has 1 amide bonds. The van der Waals surface area contributed by atoms with Crippen LogP contribution in [0.15, 0.2) is 36.8 Å². The summed E-state index contributed by atoms with van der Waals surface area (Å²) in [6.07, 6.45) is 5.10. The van der Waals surface area contributed by atoms with Crippen LogP contribution < -0.4 is 10.6 Å². The van der Waals surface area contributed by atoms with Crippen molar-refractivity contribution in [3.8, 4) is 11.3 Å². The van der Waals surface area contributed by atoms with Crippen LogP contribution in [0.25, 0.3) is 22.4 Å². The monoisotopic (exact) mass is 457 g/mol. The van der Waals surface area contributed by atoms with Crippen molar-refractivity contribution >= 4 is 28.8 Å². The summed E-state index contributed by atoms with van der Waals surface area (Å²) in [5, 5.41) is 23.6. The van der Waals surface area contributed by atoms with Gasteiger partial charge >= 0.3 is 0 Å². The van der Waals surface area contributed by atoms with Crippen molar-refractivity contribution < 1.29 is 18.7 Å². The summed E-state index contributed by atoms with van der Waals surface area (Å²) >= 11 is 0. The highest BCUT2D eigenvalue weighted by Gasteiger charge is 2.46. The van der Waals surface area contributed by atoms with Gasteiger partial charge in [0.05, 0.1) is 18.3 Å². The number of imidazole rings is 1. The predicted molar refractivity (Wildman–Crippen MR) is 115 cm³/mol. The van der Waals surface area contributed by atoms with Gasteiger partial charge in [-0.05, 0) is 24.6 Å². The molecule has 13 heteroatoms. The summed E-state index contributed by atoms with van der Waals surface area (Å²) in [5.41, 5.74) is 2.80. The van der Waals surface area contributed by atoms with Gasteiger partial charge in [0.1, 0.15) is 12.1 Å². The van der Waals surface area contributed by atoms with Crippen LogP contribution >= 0.6 is 0 Å². The number of anilines is 2. The van der Waals surface area contributed by atoms with Gasteiger partial charge in [0.25, 0.3) is 5.92 Å². The van der Waals surface area contributed by atoms with Crippen molar-refractivity contribution in [3.05, 3.63) is 36.8 Å². The lowest BCUT2D eigenvalue weighted by Crippen LogP contribution is -2.56. The Morgan fingerprint density at radius 1 is 1.24 bits per heavy atom. The summed E-state index contributed by atoms with van der Waals surface area (Å²) in [7, 11) is 1.68. The van der Waals surface area contributed by atoms with E-state index in [1.807, 2.05) is 18.2 Å². The van der Waals surface area contributed by atoms with Gasteiger partial charge in [0.15, 0.2) is 11.5 Å². The molecule has 4 aromatic heterocycles. The molecule has 0 bridgehead atoms. The Morgan fingerprint density at radius 3 is 2.85 bits per heavy atom. The second-order valence-corrected chi connectivity index (χ2v) is 7.73. The minimum absolute atomic E-state index is 0.0131. The number of aliphatic hydroxyl groups is 1. The molecule has 3 N–H and O–H groups in total. The minimum atomic E-state index is -3.22. The maximum Gasteiger partial charge on any atom is 0.285 e. The summed E-state index contributed by atoms with van der Waals surface area (Å²) in [6, 6.07) is 4.25. The molecule has 1 saturated heterocycles. The third kappa shape index (κ3) is 3.69. The molecule has 5 heterocycles. The number of hydrogen-bond donors (Lipinski definition) is 3. The first kappa shape index (κ1) is 21.0. The first-order valence-corrected chi connectivity index (χ1v) is 10.3. The predicted octanol–water partition coefficient (Wildman–Crippen LogP) is 1.12. The van der Waals surface area contributed by atoms with Crippen LogP contribution in [0.4, 0.5) is 20.5 Å². The highest BCUT2D eigenvalue weighted by molar-refractivity contribution is 5.87. The molecule has 0 radical (unpaired) electrons. The summed E-state index contributed by atoms with van der Waals surface area (Å²) in [4.78, 5) is 21.2. The Hall–Kier alpha value is -3.87. The van der Waals surface area contributed by atoms with Crippen molar-refractivity contribution in [1.82, 2.24) is 34.1 Å². The number of fused-ring (bicyclic) bond motifs is 2. The van der Waals surface area contributed by atoms with Gasteiger partial charge in [0, 0.05) is 37.7 Å². The van der Waals surface area contributed by atoms with E-state index in [1.165, 1.54) is 0 Å². The molecular formula is C20H21F2N9O2. The van der Waals surface area contributed by atoms with Gasteiger partial charge in [-0.1, -0.05) is 0 Å². The van der Waals surface area contributed by atoms with E-state index in [4.69, 9.17) is 5.11 Å². The fourth-order valence-electron chi connectivity index (χ4n) is 4.01. The second kappa shape index (κ2) is 7.92. The number of amides is 1. The Morgan fingerprint density at radius 2 is 2.09 bits per heavy atom. The van der Waals surface area contributed by atoms with Gasteiger partial charge in [-0.2, -0.15) is 10.1 Å². The van der Waals surface area contributed by atoms with Crippen LogP contribution in [-0.4, -0.2) is 83.8 Å². The molecule has 0 saturated carbocycles. The second-order valence-electron chi connectivity index (χ2n) is 7.73. The average molecular weight is 457 g/mol. The quantitative estimate of drug-likeness (QED) is 0.407. The van der Waals surface area contributed by atoms with Gasteiger partial charge in [-0.25, -0.2) is 22.8 Å². The number of carbonyl (C=O) groups is 1. The maximum absolute atomic E-state index is 14.7. The number of piperidine rings is 1. The molecule has 0 spiro atoms. The standard InChI is InChI=1S/C20H21F2N9O2/c1-23-18-17-12(13-2-3-15-24-6-9-30(15)27-13)4-8-31(17)28-19(26-18)25-14-5-7-29(16(33)10-32)11-20(14,21)22/h2-4,6,8-9,14,32H,5,7,10-11H2,1H3,(H2,23,25,26,28)/t14-/m1/s1. The fourth-order valence-corrected chi connectivity index (χ4v) is 4.01. The zero-order valence-corrected chi connectivity index (χ0v) is 17.6. The van der Waals surface area contributed by atoms with E-state index in [-0.39, 0.29) is 18.9 Å². The first-order valence-electron chi connectivity index (χ1n) is 10.3. The molecule has 0 aliphatic carbocycles. The van der Waals surface area contributed by atoms with Crippen LogP contribution in [0.5, 0.6) is 0 Å².